The number of rotatable bonds is 40. The third-order valence-electron chi connectivity index (χ3n) is 11.5. The molecule has 1 saturated heterocycles. The number of nitrogen functional groups attached to an aromatic ring is 1. The standard InChI is InChI=1S/C49H83N3O16P2/c1-4-29-40(53)31-26-22-18-14-9-7-6-8-10-15-19-23-27-32-44(54)63-36-41(66-45(55)33-28-24-20-16-12-11-13-17-21-25-30-39(3)5-2)37-64-69(59,60)68-70(61,62)65-38-42-46(56)47(57)48(67-42)52-35-34-43(50)51-49(52)58/h6,8-9,14-15,19,22,26,34-35,39-42,46-48,53,56-57H,4-5,7,10-13,16-18,20-21,23-25,27-33,36-38H2,1-3H3,(H,59,60)(H,61,62)(H2,50,51,58)/b8-6-,14-9-,19-15-,26-22-/t39?,40?,41-,42-,46-,47-,48-/m1/s1. The number of carbonyl (C=O) groups is 2. The number of carbonyl (C=O) groups excluding carboxylic acids is 2. The number of allylic oxidation sites excluding steroid dienone is 7. The number of nitrogens with two attached hydrogens (primary N) is 1. The maximum atomic E-state index is 12.8. The van der Waals surface area contributed by atoms with Gasteiger partial charge < -0.3 is 45.1 Å². The van der Waals surface area contributed by atoms with Crippen LogP contribution >= 0.6 is 15.6 Å². The van der Waals surface area contributed by atoms with E-state index in [0.29, 0.717) is 25.7 Å². The van der Waals surface area contributed by atoms with Crippen LogP contribution in [0.15, 0.2) is 65.7 Å². The van der Waals surface area contributed by atoms with Crippen LogP contribution in [0.4, 0.5) is 5.82 Å². The molecule has 0 aromatic carbocycles. The fourth-order valence-corrected chi connectivity index (χ4v) is 9.35. The first-order chi connectivity index (χ1) is 33.5. The van der Waals surface area contributed by atoms with E-state index in [1.54, 1.807) is 0 Å². The Morgan fingerprint density at radius 1 is 0.786 bits per heavy atom. The first kappa shape index (κ1) is 62.8. The average Bonchev–Trinajstić information content (AvgIpc) is 3.59. The number of esters is 2. The maximum Gasteiger partial charge on any atom is 0.481 e. The molecule has 1 fully saturated rings. The van der Waals surface area contributed by atoms with Gasteiger partial charge in [0.25, 0.3) is 0 Å². The van der Waals surface area contributed by atoms with Crippen LogP contribution in [-0.2, 0) is 46.3 Å². The Labute approximate surface area is 414 Å². The lowest BCUT2D eigenvalue weighted by molar-refractivity contribution is -0.161. The summed E-state index contributed by atoms with van der Waals surface area (Å²) in [7, 11) is -10.9. The number of aliphatic hydroxyl groups excluding tert-OH is 3. The summed E-state index contributed by atoms with van der Waals surface area (Å²) in [6.45, 7) is 4.20. The predicted octanol–water partition coefficient (Wildman–Crippen LogP) is 8.99. The van der Waals surface area contributed by atoms with Crippen molar-refractivity contribution in [3.63, 3.8) is 0 Å². The predicted molar refractivity (Wildman–Crippen MR) is 267 cm³/mol. The summed E-state index contributed by atoms with van der Waals surface area (Å²) in [4.78, 5) is 61.8. The number of hydrogen-bond acceptors (Lipinski definition) is 16. The SMILES string of the molecule is CCCC(O)C/C=C\C/C=C\C/C=C\C/C=C\CCCC(=O)OC[C@H](COP(=O)(O)OP(=O)(O)OC[C@H]1O[C@@H](n2ccc(N)nc2=O)[C@H](O)[C@@H]1O)OC(=O)CCCCCCCCCCCCC(C)CC. The summed E-state index contributed by atoms with van der Waals surface area (Å²) in [5, 5.41) is 30.7. The van der Waals surface area contributed by atoms with Crippen molar-refractivity contribution in [2.45, 2.75) is 199 Å². The van der Waals surface area contributed by atoms with Gasteiger partial charge in [0.15, 0.2) is 12.3 Å². The van der Waals surface area contributed by atoms with Crippen molar-refractivity contribution in [3.05, 3.63) is 71.4 Å². The molecule has 0 saturated carbocycles. The van der Waals surface area contributed by atoms with Crippen molar-refractivity contribution in [3.8, 4) is 0 Å². The van der Waals surface area contributed by atoms with Crippen LogP contribution < -0.4 is 11.4 Å². The van der Waals surface area contributed by atoms with Crippen LogP contribution in [0.2, 0.25) is 0 Å². The molecule has 1 aromatic rings. The molecule has 70 heavy (non-hydrogen) atoms. The fourth-order valence-electron chi connectivity index (χ4n) is 7.24. The summed E-state index contributed by atoms with van der Waals surface area (Å²) in [5.41, 5.74) is 4.58. The Hall–Kier alpha value is -3.32. The molecule has 21 heteroatoms. The van der Waals surface area contributed by atoms with E-state index in [0.717, 1.165) is 74.5 Å². The first-order valence-corrected chi connectivity index (χ1v) is 28.1. The molecule has 1 aromatic heterocycles. The van der Waals surface area contributed by atoms with Crippen molar-refractivity contribution >= 4 is 33.4 Å². The van der Waals surface area contributed by atoms with Gasteiger partial charge >= 0.3 is 33.3 Å². The number of unbranched alkanes of at least 4 members (excludes halogenated alkanes) is 10. The molecule has 1 aliphatic heterocycles. The Morgan fingerprint density at radius 2 is 1.36 bits per heavy atom. The van der Waals surface area contributed by atoms with Crippen molar-refractivity contribution in [2.75, 3.05) is 25.6 Å². The van der Waals surface area contributed by atoms with Gasteiger partial charge in [-0.15, -0.1) is 0 Å². The van der Waals surface area contributed by atoms with Crippen LogP contribution in [-0.4, -0.2) is 96.9 Å². The minimum atomic E-state index is -5.44. The van der Waals surface area contributed by atoms with Gasteiger partial charge in [-0.1, -0.05) is 146 Å². The molecule has 19 nitrogen and oxygen atoms in total. The highest BCUT2D eigenvalue weighted by Crippen LogP contribution is 2.60. The molecule has 0 aliphatic carbocycles. The molecule has 0 amide bonds. The molecule has 2 rings (SSSR count). The Morgan fingerprint density at radius 3 is 1.97 bits per heavy atom. The summed E-state index contributed by atoms with van der Waals surface area (Å²) < 4.78 is 56.7. The third-order valence-corrected chi connectivity index (χ3v) is 14.1. The first-order valence-electron chi connectivity index (χ1n) is 25.1. The minimum Gasteiger partial charge on any atom is -0.462 e. The van der Waals surface area contributed by atoms with Crippen LogP contribution in [0.1, 0.15) is 168 Å². The van der Waals surface area contributed by atoms with Gasteiger partial charge in [-0.3, -0.25) is 23.2 Å². The molecular weight excluding hydrogens is 948 g/mol. The second kappa shape index (κ2) is 36.6. The molecule has 7 N–H and O–H groups in total. The highest BCUT2D eigenvalue weighted by molar-refractivity contribution is 7.61. The molecule has 1 aliphatic rings. The molecule has 400 valence electrons. The number of anilines is 1. The van der Waals surface area contributed by atoms with Gasteiger partial charge in [0, 0.05) is 19.0 Å². The topological polar surface area (TPSA) is 286 Å². The average molecular weight is 1030 g/mol. The summed E-state index contributed by atoms with van der Waals surface area (Å²) in [5.74, 6) is -0.596. The van der Waals surface area contributed by atoms with Crippen molar-refractivity contribution < 1.29 is 71.4 Å². The van der Waals surface area contributed by atoms with Gasteiger partial charge in [-0.2, -0.15) is 9.29 Å². The lowest BCUT2D eigenvalue weighted by Gasteiger charge is -2.21. The van der Waals surface area contributed by atoms with Crippen molar-refractivity contribution in [1.29, 1.82) is 0 Å². The maximum absolute atomic E-state index is 12.8. The number of phosphoric acid groups is 2. The normalized spacial score (nSPS) is 20.6. The van der Waals surface area contributed by atoms with Crippen LogP contribution in [0, 0.1) is 5.92 Å². The highest BCUT2D eigenvalue weighted by atomic mass is 31.3. The van der Waals surface area contributed by atoms with E-state index in [9.17, 15) is 48.6 Å². The number of phosphoric ester groups is 2. The van der Waals surface area contributed by atoms with E-state index < -0.39 is 83.7 Å². The molecule has 9 atom stereocenters. The molecule has 0 radical (unpaired) electrons. The number of ether oxygens (including phenoxy) is 3. The number of hydrogen-bond donors (Lipinski definition) is 6. The van der Waals surface area contributed by atoms with Gasteiger partial charge in [0.1, 0.15) is 30.7 Å². The zero-order valence-corrected chi connectivity index (χ0v) is 43.4. The lowest BCUT2D eigenvalue weighted by Crippen LogP contribution is -2.36. The number of aromatic nitrogens is 2. The second-order valence-corrected chi connectivity index (χ2v) is 20.8. The second-order valence-electron chi connectivity index (χ2n) is 17.7. The minimum absolute atomic E-state index is 0.0310. The van der Waals surface area contributed by atoms with Crippen LogP contribution in [0.25, 0.3) is 0 Å². The van der Waals surface area contributed by atoms with Crippen LogP contribution in [0.3, 0.4) is 0 Å². The largest absolute Gasteiger partial charge is 0.481 e. The van der Waals surface area contributed by atoms with Crippen LogP contribution in [0.5, 0.6) is 0 Å². The monoisotopic (exact) mass is 1030 g/mol. The Balaban J connectivity index is 1.83. The molecular formula is C49H83N3O16P2. The third kappa shape index (κ3) is 29.3. The molecule has 0 bridgehead atoms. The van der Waals surface area contributed by atoms with E-state index in [-0.39, 0.29) is 24.8 Å². The highest BCUT2D eigenvalue weighted by Gasteiger charge is 2.46. The number of aliphatic hydroxyl groups is 3. The van der Waals surface area contributed by atoms with E-state index in [4.69, 9.17) is 29.0 Å². The fraction of sp³-hybridized carbons (Fsp3) is 0.714. The number of nitrogens with zero attached hydrogens (tertiary/aromatic N) is 2. The lowest BCUT2D eigenvalue weighted by atomic mass is 9.99. The van der Waals surface area contributed by atoms with Crippen molar-refractivity contribution in [1.82, 2.24) is 9.55 Å². The van der Waals surface area contributed by atoms with Gasteiger partial charge in [0.2, 0.25) is 0 Å². The van der Waals surface area contributed by atoms with E-state index >= 15 is 0 Å². The quantitative estimate of drug-likeness (QED) is 0.0155. The van der Waals surface area contributed by atoms with E-state index in [2.05, 4.69) is 48.3 Å². The molecule has 2 heterocycles. The van der Waals surface area contributed by atoms with Gasteiger partial charge in [-0.25, -0.2) is 13.9 Å². The Bertz CT molecular complexity index is 1890. The molecule has 0 spiro atoms. The zero-order valence-electron chi connectivity index (χ0n) is 41.6. The van der Waals surface area contributed by atoms with Gasteiger partial charge in [0.05, 0.1) is 19.3 Å². The van der Waals surface area contributed by atoms with E-state index in [1.807, 2.05) is 30.4 Å². The summed E-state index contributed by atoms with van der Waals surface area (Å²) in [6.07, 6.45) is 28.4. The molecule has 4 unspecified atom stereocenters. The summed E-state index contributed by atoms with van der Waals surface area (Å²) >= 11 is 0. The Kier molecular flexibility index (Phi) is 32.8. The zero-order chi connectivity index (χ0) is 51.6. The van der Waals surface area contributed by atoms with Crippen molar-refractivity contribution in [2.24, 2.45) is 5.92 Å². The van der Waals surface area contributed by atoms with E-state index in [1.165, 1.54) is 51.0 Å². The smallest absolute Gasteiger partial charge is 0.462 e. The summed E-state index contributed by atoms with van der Waals surface area (Å²) in [6, 6.07) is 1.24. The van der Waals surface area contributed by atoms with Gasteiger partial charge in [-0.05, 0) is 63.4 Å².